The molecule has 4 aliphatic heterocycles. The number of aliphatic hydroxyl groups is 1. The Balaban J connectivity index is 0.856. The number of aliphatic hydroxyl groups excluding tert-OH is 1. The highest BCUT2D eigenvalue weighted by Crippen LogP contribution is 2.39. The Labute approximate surface area is 437 Å². The second kappa shape index (κ2) is 27.9. The molecule has 6 amide bonds. The van der Waals surface area contributed by atoms with E-state index in [1.165, 1.54) is 41.3 Å². The first-order valence-corrected chi connectivity index (χ1v) is 30.9. The van der Waals surface area contributed by atoms with Crippen LogP contribution >= 0.6 is 23.5 Å². The van der Waals surface area contributed by atoms with Gasteiger partial charge in [-0.2, -0.15) is 0 Å². The fourth-order valence-corrected chi connectivity index (χ4v) is 14.9. The summed E-state index contributed by atoms with van der Waals surface area (Å²) in [4.78, 5) is 81.8. The summed E-state index contributed by atoms with van der Waals surface area (Å²) in [7, 11) is -3.44. The van der Waals surface area contributed by atoms with Gasteiger partial charge >= 0.3 is 0 Å². The first-order valence-electron chi connectivity index (χ1n) is 26.9. The minimum atomic E-state index is -3.44. The van der Waals surface area contributed by atoms with Crippen molar-refractivity contribution in [1.82, 2.24) is 46.4 Å². The maximum absolute atomic E-state index is 14.1. The largest absolute Gasteiger partial charge is 0.391 e. The molecule has 2 aliphatic carbocycles. The lowest BCUT2D eigenvalue weighted by atomic mass is 9.79. The summed E-state index contributed by atoms with van der Waals surface area (Å²) in [5.74, 6) is 1.10. The molecule has 6 aliphatic rings. The number of unbranched alkanes of at least 4 members (excludes halogenated alkanes) is 2. The van der Waals surface area contributed by atoms with Gasteiger partial charge in [-0.15, -0.1) is 23.5 Å². The molecule has 2 saturated carbocycles. The number of ether oxygens (including phenoxy) is 1. The van der Waals surface area contributed by atoms with Gasteiger partial charge in [0.25, 0.3) is 0 Å². The minimum absolute atomic E-state index is 0.0307. The number of carbonyl (C=O) groups is 6. The van der Waals surface area contributed by atoms with Gasteiger partial charge in [0, 0.05) is 87.6 Å². The quantitative estimate of drug-likeness (QED) is 0.0647. The SMILES string of the molecule is CC1NCSC1C1CCC(CNC(=O)[C@@H]2C[C@@H](O)CN2C(=O)[C@@H](NC(=O)CCCCCNC(=O)CCCOC[C@H](NC(=O)C2CCN(S(C)(=O)=O)C2)C(=O)NC2NC(C3CCCCC3)CS2)C(C)(C)C)CC1. The number of carbonyl (C=O) groups excluding carboxylic acids is 6. The first-order chi connectivity index (χ1) is 34.3. The number of hydrogen-bond acceptors (Lipinski definition) is 14. The number of hydrogen-bond donors (Lipinski definition) is 8. The Kier molecular flexibility index (Phi) is 22.7. The third-order valence-electron chi connectivity index (χ3n) is 15.7. The lowest BCUT2D eigenvalue weighted by Crippen LogP contribution is -2.58. The molecule has 0 bridgehead atoms. The van der Waals surface area contributed by atoms with Gasteiger partial charge in [-0.25, -0.2) is 12.7 Å². The van der Waals surface area contributed by atoms with Crippen LogP contribution in [0.3, 0.4) is 0 Å². The molecule has 0 radical (unpaired) electrons. The van der Waals surface area contributed by atoms with Gasteiger partial charge < -0.3 is 46.6 Å². The number of nitrogens with one attached hydrogen (secondary N) is 7. The molecule has 72 heavy (non-hydrogen) atoms. The van der Waals surface area contributed by atoms with Crippen LogP contribution in [0.2, 0.25) is 0 Å². The molecule has 4 heterocycles. The number of nitrogens with zero attached hydrogens (tertiary/aromatic N) is 2. The van der Waals surface area contributed by atoms with E-state index in [1.54, 1.807) is 11.8 Å². The van der Waals surface area contributed by atoms with Crippen molar-refractivity contribution in [3.63, 3.8) is 0 Å². The minimum Gasteiger partial charge on any atom is -0.391 e. The third kappa shape index (κ3) is 17.7. The van der Waals surface area contributed by atoms with E-state index >= 15 is 0 Å². The Morgan fingerprint density at radius 2 is 1.57 bits per heavy atom. The van der Waals surface area contributed by atoms with Gasteiger partial charge in [-0.05, 0) is 94.3 Å². The van der Waals surface area contributed by atoms with Crippen molar-refractivity contribution >= 4 is 69.0 Å². The molecule has 4 saturated heterocycles. The summed E-state index contributed by atoms with van der Waals surface area (Å²) in [6, 6.07) is -1.87. The van der Waals surface area contributed by atoms with Crippen molar-refractivity contribution in [1.29, 1.82) is 0 Å². The number of likely N-dealkylation sites (tertiary alicyclic amines) is 1. The molecule has 410 valence electrons. The van der Waals surface area contributed by atoms with Crippen LogP contribution in [0.5, 0.6) is 0 Å². The summed E-state index contributed by atoms with van der Waals surface area (Å²) in [6.45, 7) is 9.24. The van der Waals surface area contributed by atoms with E-state index in [0.717, 1.165) is 43.6 Å². The molecule has 0 spiro atoms. The Morgan fingerprint density at radius 1 is 0.833 bits per heavy atom. The average molecular weight is 1070 g/mol. The highest BCUT2D eigenvalue weighted by molar-refractivity contribution is 8.00. The van der Waals surface area contributed by atoms with Crippen LogP contribution in [0.4, 0.5) is 0 Å². The lowest BCUT2D eigenvalue weighted by molar-refractivity contribution is -0.144. The van der Waals surface area contributed by atoms with E-state index in [2.05, 4.69) is 44.1 Å². The van der Waals surface area contributed by atoms with Crippen LogP contribution in [0.25, 0.3) is 0 Å². The van der Waals surface area contributed by atoms with E-state index in [9.17, 15) is 42.3 Å². The first kappa shape index (κ1) is 58.5. The zero-order valence-electron chi connectivity index (χ0n) is 43.6. The molecule has 6 fully saturated rings. The topological polar surface area (TPSA) is 257 Å². The summed E-state index contributed by atoms with van der Waals surface area (Å²) >= 11 is 3.65. The Bertz CT molecular complexity index is 1930. The fourth-order valence-electron chi connectivity index (χ4n) is 11.3. The van der Waals surface area contributed by atoms with Crippen LogP contribution < -0.4 is 37.2 Å². The molecule has 0 aromatic rings. The molecule has 5 unspecified atom stereocenters. The van der Waals surface area contributed by atoms with Gasteiger partial charge in [-0.1, -0.05) is 46.5 Å². The number of β-amino-alcohol motifs (C(OH)–C–C–N with tert-alkyl or cyclic N) is 1. The highest BCUT2D eigenvalue weighted by atomic mass is 32.2. The monoisotopic (exact) mass is 1070 g/mol. The van der Waals surface area contributed by atoms with Gasteiger partial charge in [0.05, 0.1) is 24.9 Å². The van der Waals surface area contributed by atoms with E-state index in [-0.39, 0.29) is 81.2 Å². The summed E-state index contributed by atoms with van der Waals surface area (Å²) in [6.07, 6.45) is 13.9. The average Bonchev–Trinajstić information content (AvgIpc) is 4.19. The van der Waals surface area contributed by atoms with Crippen LogP contribution in [0.15, 0.2) is 0 Å². The molecular weight excluding hydrogens is 983 g/mol. The van der Waals surface area contributed by atoms with E-state index < -0.39 is 57.4 Å². The summed E-state index contributed by atoms with van der Waals surface area (Å²) in [5.41, 5.74) is -0.954. The number of sulfonamides is 1. The second-order valence-electron chi connectivity index (χ2n) is 22.5. The molecule has 0 aromatic heterocycles. The number of amides is 6. The molecule has 19 nitrogen and oxygen atoms in total. The third-order valence-corrected chi connectivity index (χ3v) is 19.6. The van der Waals surface area contributed by atoms with Gasteiger partial charge in [0.2, 0.25) is 45.5 Å². The van der Waals surface area contributed by atoms with Crippen molar-refractivity contribution < 1.29 is 47.0 Å². The van der Waals surface area contributed by atoms with Crippen LogP contribution in [0, 0.1) is 29.1 Å². The van der Waals surface area contributed by atoms with Gasteiger partial charge in [-0.3, -0.25) is 34.1 Å². The normalized spacial score (nSPS) is 29.4. The maximum Gasteiger partial charge on any atom is 0.246 e. The molecule has 9 atom stereocenters. The van der Waals surface area contributed by atoms with E-state index in [1.807, 2.05) is 32.5 Å². The van der Waals surface area contributed by atoms with Crippen molar-refractivity contribution in [3.8, 4) is 0 Å². The standard InChI is InChI=1S/C50H87N9O10S3/c1-32-43(71-31-53-32)35-19-17-33(18-20-35)26-52-47(65)40-25-37(60)28-59(40)48(66)44(50(2,3)4)56-42(62)15-10-7-11-22-51-41(61)16-12-24-69-29-38(54-45(63)36-21-23-58(27-36)72(5,67)68)46(64)57-49-55-39(30-70-49)34-13-8-6-9-14-34/h32-40,43-44,49,53,55,60H,6-31H2,1-5H3,(H,51,61)(H,52,65)(H,54,63)(H,56,62)(H,57,64)/t32?,33?,35?,36?,37-,38+,39?,40+,43?,44-,49?/m1/s1. The molecule has 8 N–H and O–H groups in total. The highest BCUT2D eigenvalue weighted by Gasteiger charge is 2.45. The number of rotatable bonds is 24. The fraction of sp³-hybridized carbons (Fsp3) is 0.880. The van der Waals surface area contributed by atoms with Crippen molar-refractivity contribution in [2.45, 2.75) is 184 Å². The molecule has 22 heteroatoms. The second-order valence-corrected chi connectivity index (χ2v) is 26.7. The van der Waals surface area contributed by atoms with Crippen molar-refractivity contribution in [2.75, 3.05) is 63.8 Å². The Morgan fingerprint density at radius 3 is 2.25 bits per heavy atom. The Hall–Kier alpha value is -2.73. The molecular formula is C50H87N9O10S3. The summed E-state index contributed by atoms with van der Waals surface area (Å²) in [5, 5.41) is 33.1. The van der Waals surface area contributed by atoms with Gasteiger partial charge in [0.1, 0.15) is 23.6 Å². The van der Waals surface area contributed by atoms with Gasteiger partial charge in [0.15, 0.2) is 0 Å². The number of thioether (sulfide) groups is 2. The molecule has 0 aromatic carbocycles. The van der Waals surface area contributed by atoms with E-state index in [0.29, 0.717) is 80.3 Å². The van der Waals surface area contributed by atoms with E-state index in [4.69, 9.17) is 4.74 Å². The molecule has 6 rings (SSSR count). The van der Waals surface area contributed by atoms with Crippen LogP contribution in [-0.4, -0.2) is 169 Å². The van der Waals surface area contributed by atoms with Crippen molar-refractivity contribution in [3.05, 3.63) is 0 Å². The predicted molar refractivity (Wildman–Crippen MR) is 281 cm³/mol. The maximum atomic E-state index is 14.1. The zero-order valence-corrected chi connectivity index (χ0v) is 46.0. The zero-order chi connectivity index (χ0) is 52.0. The smallest absolute Gasteiger partial charge is 0.246 e. The lowest BCUT2D eigenvalue weighted by Gasteiger charge is -2.36. The predicted octanol–water partition coefficient (Wildman–Crippen LogP) is 2.38. The van der Waals surface area contributed by atoms with Crippen molar-refractivity contribution in [2.24, 2.45) is 29.1 Å². The van der Waals surface area contributed by atoms with Crippen LogP contribution in [0.1, 0.15) is 137 Å². The van der Waals surface area contributed by atoms with Crippen LogP contribution in [-0.2, 0) is 43.5 Å². The summed E-state index contributed by atoms with van der Waals surface area (Å²) < 4.78 is 31.3.